The highest BCUT2D eigenvalue weighted by atomic mass is 32.1. The van der Waals surface area contributed by atoms with E-state index in [1.54, 1.807) is 0 Å². The second-order valence-electron chi connectivity index (χ2n) is 5.27. The van der Waals surface area contributed by atoms with Crippen LogP contribution in [0, 0.1) is 5.41 Å². The number of hydrogen-bond acceptors (Lipinski definition) is 3. The SMILES string of the molecule is CCC(C)(CCO)NC(=O)CC1(CS)CC1. The average Bonchev–Trinajstić information content (AvgIpc) is 2.98. The third kappa shape index (κ3) is 3.67. The van der Waals surface area contributed by atoms with Crippen LogP contribution in [0.25, 0.3) is 0 Å². The number of nitrogens with one attached hydrogen (secondary N) is 1. The van der Waals surface area contributed by atoms with E-state index in [-0.39, 0.29) is 23.5 Å². The van der Waals surface area contributed by atoms with Crippen LogP contribution < -0.4 is 5.32 Å². The molecule has 1 atom stereocenters. The van der Waals surface area contributed by atoms with Gasteiger partial charge in [0.1, 0.15) is 0 Å². The second-order valence-corrected chi connectivity index (χ2v) is 5.59. The van der Waals surface area contributed by atoms with Crippen molar-refractivity contribution < 1.29 is 9.90 Å². The lowest BCUT2D eigenvalue weighted by molar-refractivity contribution is -0.124. The van der Waals surface area contributed by atoms with Gasteiger partial charge in [0.2, 0.25) is 5.91 Å². The predicted molar refractivity (Wildman–Crippen MR) is 68.7 cm³/mol. The Hall–Kier alpha value is -0.220. The van der Waals surface area contributed by atoms with E-state index in [9.17, 15) is 4.79 Å². The molecule has 94 valence electrons. The van der Waals surface area contributed by atoms with E-state index >= 15 is 0 Å². The summed E-state index contributed by atoms with van der Waals surface area (Å²) in [6.07, 6.45) is 4.27. The van der Waals surface area contributed by atoms with E-state index in [0.717, 1.165) is 25.0 Å². The highest BCUT2D eigenvalue weighted by molar-refractivity contribution is 7.80. The Balaban J connectivity index is 2.43. The van der Waals surface area contributed by atoms with Gasteiger partial charge in [-0.1, -0.05) is 6.92 Å². The van der Waals surface area contributed by atoms with Crippen LogP contribution in [0.15, 0.2) is 0 Å². The van der Waals surface area contributed by atoms with Gasteiger partial charge in [-0.15, -0.1) is 0 Å². The first-order valence-electron chi connectivity index (χ1n) is 6.02. The normalized spacial score (nSPS) is 21.2. The van der Waals surface area contributed by atoms with Gasteiger partial charge in [-0.2, -0.15) is 12.6 Å². The Labute approximate surface area is 103 Å². The Morgan fingerprint density at radius 1 is 1.56 bits per heavy atom. The molecule has 0 aromatic carbocycles. The quantitative estimate of drug-likeness (QED) is 0.599. The third-order valence-corrected chi connectivity index (χ3v) is 4.38. The molecule has 0 radical (unpaired) electrons. The van der Waals surface area contributed by atoms with Crippen LogP contribution in [-0.2, 0) is 4.79 Å². The van der Waals surface area contributed by atoms with Crippen molar-refractivity contribution in [2.75, 3.05) is 12.4 Å². The van der Waals surface area contributed by atoms with Crippen molar-refractivity contribution >= 4 is 18.5 Å². The van der Waals surface area contributed by atoms with Gasteiger partial charge >= 0.3 is 0 Å². The number of aliphatic hydroxyl groups excluding tert-OH is 1. The van der Waals surface area contributed by atoms with Gasteiger partial charge in [-0.25, -0.2) is 0 Å². The lowest BCUT2D eigenvalue weighted by Gasteiger charge is -2.29. The van der Waals surface area contributed by atoms with Gasteiger partial charge in [-0.05, 0) is 43.8 Å². The number of thiol groups is 1. The fraction of sp³-hybridized carbons (Fsp3) is 0.917. The molecule has 1 aliphatic rings. The standard InChI is InChI=1S/C12H23NO2S/c1-3-11(2,6-7-14)13-10(15)8-12(9-16)4-5-12/h14,16H,3-9H2,1-2H3,(H,13,15). The number of hydrogen-bond donors (Lipinski definition) is 3. The van der Waals surface area contributed by atoms with E-state index in [0.29, 0.717) is 12.8 Å². The van der Waals surface area contributed by atoms with Crippen LogP contribution in [0.3, 0.4) is 0 Å². The maximum Gasteiger partial charge on any atom is 0.221 e. The van der Waals surface area contributed by atoms with Gasteiger partial charge in [-0.3, -0.25) is 4.79 Å². The summed E-state index contributed by atoms with van der Waals surface area (Å²) in [5, 5.41) is 12.0. The van der Waals surface area contributed by atoms with Crippen LogP contribution in [0.2, 0.25) is 0 Å². The Morgan fingerprint density at radius 3 is 2.56 bits per heavy atom. The molecule has 0 heterocycles. The molecule has 0 spiro atoms. The van der Waals surface area contributed by atoms with Gasteiger partial charge in [0.05, 0.1) is 0 Å². The molecule has 1 rings (SSSR count). The molecule has 1 unspecified atom stereocenters. The molecule has 1 fully saturated rings. The minimum absolute atomic E-state index is 0.101. The van der Waals surface area contributed by atoms with Crippen molar-refractivity contribution in [2.24, 2.45) is 5.41 Å². The van der Waals surface area contributed by atoms with Crippen molar-refractivity contribution in [3.63, 3.8) is 0 Å². The van der Waals surface area contributed by atoms with Crippen molar-refractivity contribution in [2.45, 2.75) is 51.5 Å². The summed E-state index contributed by atoms with van der Waals surface area (Å²) in [4.78, 5) is 11.9. The topological polar surface area (TPSA) is 49.3 Å². The zero-order chi connectivity index (χ0) is 12.2. The van der Waals surface area contributed by atoms with E-state index in [2.05, 4.69) is 17.9 Å². The Bertz CT molecular complexity index is 253. The summed E-state index contributed by atoms with van der Waals surface area (Å²) in [6, 6.07) is 0. The van der Waals surface area contributed by atoms with Crippen LogP contribution in [0.4, 0.5) is 0 Å². The van der Waals surface area contributed by atoms with Gasteiger partial charge < -0.3 is 10.4 Å². The molecule has 16 heavy (non-hydrogen) atoms. The summed E-state index contributed by atoms with van der Waals surface area (Å²) in [6.45, 7) is 4.13. The van der Waals surface area contributed by atoms with Crippen LogP contribution in [0.1, 0.15) is 46.0 Å². The monoisotopic (exact) mass is 245 g/mol. The van der Waals surface area contributed by atoms with E-state index < -0.39 is 0 Å². The number of carbonyl (C=O) groups excluding carboxylic acids is 1. The van der Waals surface area contributed by atoms with E-state index in [1.165, 1.54) is 0 Å². The second kappa shape index (κ2) is 5.41. The molecule has 0 aliphatic heterocycles. The van der Waals surface area contributed by atoms with Gasteiger partial charge in [0.25, 0.3) is 0 Å². The van der Waals surface area contributed by atoms with Crippen LogP contribution in [0.5, 0.6) is 0 Å². The Kier molecular flexibility index (Phi) is 4.68. The van der Waals surface area contributed by atoms with Gasteiger partial charge in [0.15, 0.2) is 0 Å². The number of amides is 1. The molecule has 0 aromatic heterocycles. The van der Waals surface area contributed by atoms with Crippen molar-refractivity contribution in [1.29, 1.82) is 0 Å². The minimum atomic E-state index is -0.265. The number of carbonyl (C=O) groups is 1. The van der Waals surface area contributed by atoms with E-state index in [1.807, 2.05) is 13.8 Å². The summed E-state index contributed by atoms with van der Waals surface area (Å²) >= 11 is 4.29. The van der Waals surface area contributed by atoms with Crippen molar-refractivity contribution in [3.8, 4) is 0 Å². The zero-order valence-electron chi connectivity index (χ0n) is 10.3. The summed E-state index contributed by atoms with van der Waals surface area (Å²) in [5.41, 5.74) is -0.0976. The zero-order valence-corrected chi connectivity index (χ0v) is 11.1. The smallest absolute Gasteiger partial charge is 0.221 e. The third-order valence-electron chi connectivity index (χ3n) is 3.71. The summed E-state index contributed by atoms with van der Waals surface area (Å²) in [7, 11) is 0. The molecule has 4 heteroatoms. The lowest BCUT2D eigenvalue weighted by atomic mass is 9.94. The molecule has 1 saturated carbocycles. The number of aliphatic hydroxyl groups is 1. The highest BCUT2D eigenvalue weighted by Gasteiger charge is 2.43. The summed E-state index contributed by atoms with van der Waals surface area (Å²) < 4.78 is 0. The molecule has 2 N–H and O–H groups in total. The minimum Gasteiger partial charge on any atom is -0.396 e. The van der Waals surface area contributed by atoms with Crippen LogP contribution in [-0.4, -0.2) is 28.9 Å². The molecule has 1 amide bonds. The number of rotatable bonds is 7. The first-order chi connectivity index (χ1) is 7.49. The van der Waals surface area contributed by atoms with Crippen LogP contribution >= 0.6 is 12.6 Å². The van der Waals surface area contributed by atoms with Gasteiger partial charge in [0, 0.05) is 18.6 Å². The fourth-order valence-corrected chi connectivity index (χ4v) is 2.29. The predicted octanol–water partition coefficient (Wildman–Crippen LogP) is 1.75. The van der Waals surface area contributed by atoms with Crippen molar-refractivity contribution in [3.05, 3.63) is 0 Å². The molecule has 1 aliphatic carbocycles. The van der Waals surface area contributed by atoms with Crippen molar-refractivity contribution in [1.82, 2.24) is 5.32 Å². The molecule has 3 nitrogen and oxygen atoms in total. The highest BCUT2D eigenvalue weighted by Crippen LogP contribution is 2.49. The average molecular weight is 245 g/mol. The largest absolute Gasteiger partial charge is 0.396 e. The van der Waals surface area contributed by atoms with E-state index in [4.69, 9.17) is 5.11 Å². The first-order valence-corrected chi connectivity index (χ1v) is 6.65. The first kappa shape index (κ1) is 13.8. The maximum atomic E-state index is 11.9. The molecular weight excluding hydrogens is 222 g/mol. The molecule has 0 bridgehead atoms. The fourth-order valence-electron chi connectivity index (χ4n) is 1.86. The molecule has 0 saturated heterocycles. The molecule has 0 aromatic rings. The Morgan fingerprint density at radius 2 is 2.19 bits per heavy atom. The lowest BCUT2D eigenvalue weighted by Crippen LogP contribution is -2.46. The maximum absolute atomic E-state index is 11.9. The molecular formula is C12H23NO2S. The summed E-state index contributed by atoms with van der Waals surface area (Å²) in [5.74, 6) is 0.896.